The summed E-state index contributed by atoms with van der Waals surface area (Å²) in [5, 5.41) is 1.80. The van der Waals surface area contributed by atoms with Crippen molar-refractivity contribution in [3.8, 4) is 11.5 Å². The van der Waals surface area contributed by atoms with E-state index in [0.717, 1.165) is 21.9 Å². The molecule has 0 aliphatic heterocycles. The van der Waals surface area contributed by atoms with Gasteiger partial charge in [0.1, 0.15) is 11.5 Å². The number of ether oxygens (including phenoxy) is 2. The van der Waals surface area contributed by atoms with Crippen LogP contribution in [0.1, 0.15) is 21.5 Å². The largest absolute Gasteiger partial charge is 0.429 e. The molecule has 120 valence electrons. The third-order valence-corrected chi connectivity index (χ3v) is 3.78. The Morgan fingerprint density at radius 2 is 1.67 bits per heavy atom. The van der Waals surface area contributed by atoms with E-state index in [1.165, 1.54) is 0 Å². The van der Waals surface area contributed by atoms with E-state index >= 15 is 0 Å². The summed E-state index contributed by atoms with van der Waals surface area (Å²) < 4.78 is 10.4. The molecule has 0 heterocycles. The van der Waals surface area contributed by atoms with Gasteiger partial charge in [-0.2, -0.15) is 0 Å². The van der Waals surface area contributed by atoms with Crippen LogP contribution in [0.3, 0.4) is 0 Å². The lowest BCUT2D eigenvalue weighted by Crippen LogP contribution is -2.09. The van der Waals surface area contributed by atoms with Crippen LogP contribution in [-0.4, -0.2) is 12.4 Å². The van der Waals surface area contributed by atoms with Crippen LogP contribution < -0.4 is 9.47 Å². The highest BCUT2D eigenvalue weighted by molar-refractivity contribution is 5.93. The Kier molecular flexibility index (Phi) is 4.29. The van der Waals surface area contributed by atoms with E-state index in [0.29, 0.717) is 23.5 Å². The number of esters is 1. The van der Waals surface area contributed by atoms with Crippen LogP contribution in [0.5, 0.6) is 11.5 Å². The van der Waals surface area contributed by atoms with Gasteiger partial charge in [0.2, 0.25) is 0 Å². The molecule has 0 aliphatic carbocycles. The number of benzene rings is 3. The fourth-order valence-corrected chi connectivity index (χ4v) is 2.46. The van der Waals surface area contributed by atoms with Crippen molar-refractivity contribution in [3.05, 3.63) is 71.3 Å². The average Bonchev–Trinajstić information content (AvgIpc) is 2.56. The number of hydrogen-bond donors (Lipinski definition) is 0. The van der Waals surface area contributed by atoms with Crippen LogP contribution in [-0.2, 0) is 4.79 Å². The summed E-state index contributed by atoms with van der Waals surface area (Å²) in [6.45, 7) is 4.22. The third-order valence-electron chi connectivity index (χ3n) is 3.78. The number of fused-ring (bicyclic) bond motifs is 1. The van der Waals surface area contributed by atoms with Crippen molar-refractivity contribution in [2.24, 2.45) is 0 Å². The molecular weight excluding hydrogens is 304 g/mol. The van der Waals surface area contributed by atoms with E-state index in [1.807, 2.05) is 38.1 Å². The summed E-state index contributed by atoms with van der Waals surface area (Å²) in [5.41, 5.74) is 2.42. The summed E-state index contributed by atoms with van der Waals surface area (Å²) >= 11 is 0. The molecule has 0 aliphatic rings. The Hall–Kier alpha value is -3.14. The zero-order chi connectivity index (χ0) is 17.1. The molecule has 0 atom stereocenters. The van der Waals surface area contributed by atoms with E-state index in [9.17, 15) is 9.59 Å². The van der Waals surface area contributed by atoms with E-state index < -0.39 is 5.97 Å². The van der Waals surface area contributed by atoms with Crippen molar-refractivity contribution in [2.75, 3.05) is 0 Å². The highest BCUT2D eigenvalue weighted by atomic mass is 16.5. The summed E-state index contributed by atoms with van der Waals surface area (Å²) in [4.78, 5) is 22.7. The lowest BCUT2D eigenvalue weighted by atomic mass is 10.1. The molecule has 3 rings (SSSR count). The van der Waals surface area contributed by atoms with Gasteiger partial charge in [0.15, 0.2) is 0 Å². The second-order valence-electron chi connectivity index (χ2n) is 5.60. The summed E-state index contributed by atoms with van der Waals surface area (Å²) in [6, 6.07) is 16.2. The van der Waals surface area contributed by atoms with Crippen LogP contribution in [0, 0.1) is 13.8 Å². The smallest absolute Gasteiger partial charge is 0.343 e. The Bertz CT molecular complexity index is 911. The van der Waals surface area contributed by atoms with Crippen LogP contribution in [0.4, 0.5) is 0 Å². The number of hydrogen-bond acceptors (Lipinski definition) is 4. The lowest BCUT2D eigenvalue weighted by Gasteiger charge is -2.10. The Morgan fingerprint density at radius 3 is 2.38 bits per heavy atom. The first-order valence-corrected chi connectivity index (χ1v) is 7.50. The van der Waals surface area contributed by atoms with Gasteiger partial charge in [-0.15, -0.1) is 0 Å². The number of carbonyl (C=O) groups is 2. The average molecular weight is 320 g/mol. The quantitative estimate of drug-likeness (QED) is 0.410. The highest BCUT2D eigenvalue weighted by Crippen LogP contribution is 2.28. The monoisotopic (exact) mass is 320 g/mol. The molecule has 0 unspecified atom stereocenters. The van der Waals surface area contributed by atoms with Gasteiger partial charge in [-0.25, -0.2) is 4.79 Å². The molecule has 0 spiro atoms. The van der Waals surface area contributed by atoms with Crippen molar-refractivity contribution < 1.29 is 19.1 Å². The molecule has 0 amide bonds. The summed E-state index contributed by atoms with van der Waals surface area (Å²) in [5.74, 6) is 0.594. The first-order valence-electron chi connectivity index (χ1n) is 7.50. The Morgan fingerprint density at radius 1 is 0.917 bits per heavy atom. The Labute approximate surface area is 139 Å². The van der Waals surface area contributed by atoms with Gasteiger partial charge < -0.3 is 9.47 Å². The zero-order valence-electron chi connectivity index (χ0n) is 13.4. The molecular formula is C20H16O4. The van der Waals surface area contributed by atoms with E-state index in [2.05, 4.69) is 0 Å². The van der Waals surface area contributed by atoms with Crippen molar-refractivity contribution in [1.82, 2.24) is 0 Å². The van der Waals surface area contributed by atoms with Crippen LogP contribution in [0.25, 0.3) is 10.8 Å². The highest BCUT2D eigenvalue weighted by Gasteiger charge is 2.11. The molecule has 0 radical (unpaired) electrons. The van der Waals surface area contributed by atoms with Crippen LogP contribution in [0.2, 0.25) is 0 Å². The maximum Gasteiger partial charge on any atom is 0.343 e. The first kappa shape index (κ1) is 15.7. The van der Waals surface area contributed by atoms with Crippen molar-refractivity contribution >= 4 is 23.2 Å². The van der Waals surface area contributed by atoms with Gasteiger partial charge in [-0.3, -0.25) is 4.79 Å². The topological polar surface area (TPSA) is 52.6 Å². The molecule has 0 saturated heterocycles. The second-order valence-corrected chi connectivity index (χ2v) is 5.60. The van der Waals surface area contributed by atoms with E-state index in [-0.39, 0.29) is 0 Å². The predicted molar refractivity (Wildman–Crippen MR) is 91.5 cm³/mol. The zero-order valence-corrected chi connectivity index (χ0v) is 13.4. The SMILES string of the molecule is Cc1ccc(C(=O)Oc2cc3ccc(OC=O)cc3cc2C)cc1. The molecule has 4 nitrogen and oxygen atoms in total. The number of carbonyl (C=O) groups excluding carboxylic acids is 2. The number of rotatable bonds is 4. The van der Waals surface area contributed by atoms with Gasteiger partial charge in [-0.1, -0.05) is 23.8 Å². The van der Waals surface area contributed by atoms with Gasteiger partial charge >= 0.3 is 5.97 Å². The molecule has 0 N–H and O–H groups in total. The van der Waals surface area contributed by atoms with E-state index in [4.69, 9.17) is 9.47 Å². The lowest BCUT2D eigenvalue weighted by molar-refractivity contribution is -0.120. The summed E-state index contributed by atoms with van der Waals surface area (Å²) in [7, 11) is 0. The molecule has 3 aromatic carbocycles. The fourth-order valence-electron chi connectivity index (χ4n) is 2.46. The third kappa shape index (κ3) is 3.27. The molecule has 0 saturated carbocycles. The molecule has 0 fully saturated rings. The second kappa shape index (κ2) is 6.54. The summed E-state index contributed by atoms with van der Waals surface area (Å²) in [6.07, 6.45) is 0. The Balaban J connectivity index is 1.90. The maximum atomic E-state index is 12.3. The molecule has 24 heavy (non-hydrogen) atoms. The van der Waals surface area contributed by atoms with E-state index in [1.54, 1.807) is 30.3 Å². The molecule has 0 aromatic heterocycles. The van der Waals surface area contributed by atoms with Crippen LogP contribution >= 0.6 is 0 Å². The minimum atomic E-state index is -0.390. The van der Waals surface area contributed by atoms with Gasteiger partial charge in [0.25, 0.3) is 6.47 Å². The minimum Gasteiger partial charge on any atom is -0.429 e. The number of aryl methyl sites for hydroxylation is 2. The normalized spacial score (nSPS) is 10.4. The van der Waals surface area contributed by atoms with Crippen LogP contribution in [0.15, 0.2) is 54.6 Å². The van der Waals surface area contributed by atoms with Gasteiger partial charge in [-0.05, 0) is 66.6 Å². The fraction of sp³-hybridized carbons (Fsp3) is 0.100. The van der Waals surface area contributed by atoms with Crippen molar-refractivity contribution in [1.29, 1.82) is 0 Å². The molecule has 0 bridgehead atoms. The standard InChI is InChI=1S/C20H16O4/c1-13-3-5-15(6-4-13)20(22)24-19-11-16-7-8-18(23-12-21)10-17(16)9-14(19)2/h3-12H,1-2H3. The maximum absolute atomic E-state index is 12.3. The van der Waals surface area contributed by atoms with Crippen molar-refractivity contribution in [3.63, 3.8) is 0 Å². The first-order chi connectivity index (χ1) is 11.6. The predicted octanol–water partition coefficient (Wildman–Crippen LogP) is 4.21. The van der Waals surface area contributed by atoms with Gasteiger partial charge in [0, 0.05) is 0 Å². The minimum absolute atomic E-state index is 0.390. The molecule has 4 heteroatoms. The van der Waals surface area contributed by atoms with Crippen molar-refractivity contribution in [2.45, 2.75) is 13.8 Å². The molecule has 3 aromatic rings. The van der Waals surface area contributed by atoms with Gasteiger partial charge in [0.05, 0.1) is 5.56 Å².